The van der Waals surface area contributed by atoms with Gasteiger partial charge < -0.3 is 14.6 Å². The summed E-state index contributed by atoms with van der Waals surface area (Å²) in [5.74, 6) is 5.94. The molecule has 20 heavy (non-hydrogen) atoms. The van der Waals surface area contributed by atoms with Gasteiger partial charge in [-0.1, -0.05) is 11.8 Å². The quantitative estimate of drug-likeness (QED) is 0.867. The van der Waals surface area contributed by atoms with Crippen LogP contribution >= 0.6 is 0 Å². The lowest BCUT2D eigenvalue weighted by molar-refractivity contribution is 0.0931. The number of nitrogens with zero attached hydrogens (tertiary/aromatic N) is 1. The second-order valence-electron chi connectivity index (χ2n) is 4.40. The van der Waals surface area contributed by atoms with Crippen molar-refractivity contribution >= 4 is 11.6 Å². The van der Waals surface area contributed by atoms with E-state index < -0.39 is 0 Å². The number of carbonyl (C=O) groups excluding carboxylic acids is 1. The van der Waals surface area contributed by atoms with Crippen LogP contribution < -0.4 is 10.2 Å². The zero-order valence-electron chi connectivity index (χ0n) is 11.5. The van der Waals surface area contributed by atoms with Crippen molar-refractivity contribution in [2.75, 3.05) is 25.5 Å². The van der Waals surface area contributed by atoms with Gasteiger partial charge in [0.15, 0.2) is 5.76 Å². The summed E-state index contributed by atoms with van der Waals surface area (Å²) < 4.78 is 4.98. The van der Waals surface area contributed by atoms with Crippen LogP contribution in [0.1, 0.15) is 16.1 Å². The topological polar surface area (TPSA) is 45.5 Å². The lowest BCUT2D eigenvalue weighted by Gasteiger charge is -2.11. The monoisotopic (exact) mass is 268 g/mol. The maximum atomic E-state index is 11.6. The molecule has 1 aromatic carbocycles. The van der Waals surface area contributed by atoms with Gasteiger partial charge in [-0.15, -0.1) is 0 Å². The number of amides is 1. The number of hydrogen-bond donors (Lipinski definition) is 1. The predicted molar refractivity (Wildman–Crippen MR) is 78.7 cm³/mol. The normalized spacial score (nSPS) is 9.50. The molecule has 0 atom stereocenters. The zero-order chi connectivity index (χ0) is 14.4. The maximum Gasteiger partial charge on any atom is 0.287 e. The van der Waals surface area contributed by atoms with Crippen molar-refractivity contribution in [2.24, 2.45) is 0 Å². The van der Waals surface area contributed by atoms with Crippen molar-refractivity contribution in [1.29, 1.82) is 0 Å². The molecule has 1 heterocycles. The van der Waals surface area contributed by atoms with Crippen LogP contribution in [0.2, 0.25) is 0 Å². The van der Waals surface area contributed by atoms with E-state index in [4.69, 9.17) is 4.42 Å². The molecule has 0 aliphatic carbocycles. The molecule has 0 aliphatic rings. The molecule has 0 radical (unpaired) electrons. The fourth-order valence-corrected chi connectivity index (χ4v) is 1.61. The van der Waals surface area contributed by atoms with E-state index in [-0.39, 0.29) is 12.5 Å². The highest BCUT2D eigenvalue weighted by Crippen LogP contribution is 2.11. The summed E-state index contributed by atoms with van der Waals surface area (Å²) >= 11 is 0. The maximum absolute atomic E-state index is 11.6. The van der Waals surface area contributed by atoms with Gasteiger partial charge in [-0.25, -0.2) is 0 Å². The first-order chi connectivity index (χ1) is 9.66. The van der Waals surface area contributed by atoms with Gasteiger partial charge in [-0.2, -0.15) is 0 Å². The minimum atomic E-state index is -0.257. The number of anilines is 1. The van der Waals surface area contributed by atoms with Crippen molar-refractivity contribution in [3.05, 3.63) is 54.0 Å². The molecule has 4 heteroatoms. The average Bonchev–Trinajstić information content (AvgIpc) is 2.98. The summed E-state index contributed by atoms with van der Waals surface area (Å²) in [6, 6.07) is 11.2. The van der Waals surface area contributed by atoms with Crippen molar-refractivity contribution in [1.82, 2.24) is 5.32 Å². The lowest BCUT2D eigenvalue weighted by Crippen LogP contribution is -2.22. The van der Waals surface area contributed by atoms with Crippen LogP contribution in [0.15, 0.2) is 47.1 Å². The zero-order valence-corrected chi connectivity index (χ0v) is 11.5. The van der Waals surface area contributed by atoms with Crippen LogP contribution in [0, 0.1) is 11.8 Å². The number of rotatable bonds is 3. The molecule has 2 aromatic rings. The first-order valence-electron chi connectivity index (χ1n) is 6.25. The molecule has 2 rings (SSSR count). The summed E-state index contributed by atoms with van der Waals surface area (Å²) in [6.07, 6.45) is 1.47. The van der Waals surface area contributed by atoms with E-state index in [1.165, 1.54) is 6.26 Å². The number of hydrogen-bond acceptors (Lipinski definition) is 3. The molecule has 0 aliphatic heterocycles. The van der Waals surface area contributed by atoms with Crippen molar-refractivity contribution in [3.63, 3.8) is 0 Å². The molecule has 0 fully saturated rings. The smallest absolute Gasteiger partial charge is 0.287 e. The predicted octanol–water partition coefficient (Wildman–Crippen LogP) is 2.13. The Morgan fingerprint density at radius 2 is 2.00 bits per heavy atom. The Morgan fingerprint density at radius 3 is 2.60 bits per heavy atom. The highest BCUT2D eigenvalue weighted by molar-refractivity contribution is 5.91. The fourth-order valence-electron chi connectivity index (χ4n) is 1.61. The Morgan fingerprint density at radius 1 is 1.25 bits per heavy atom. The van der Waals surface area contributed by atoms with Gasteiger partial charge in [0.1, 0.15) is 0 Å². The Bertz CT molecular complexity index is 617. The summed E-state index contributed by atoms with van der Waals surface area (Å²) in [4.78, 5) is 13.6. The van der Waals surface area contributed by atoms with Gasteiger partial charge in [0, 0.05) is 25.3 Å². The second-order valence-corrected chi connectivity index (χ2v) is 4.40. The van der Waals surface area contributed by atoms with Gasteiger partial charge >= 0.3 is 0 Å². The molecule has 1 amide bonds. The Labute approximate surface area is 118 Å². The third-order valence-electron chi connectivity index (χ3n) is 2.70. The Hall–Kier alpha value is -2.67. The molecular formula is C16H16N2O2. The Balaban J connectivity index is 1.87. The second kappa shape index (κ2) is 6.48. The van der Waals surface area contributed by atoms with Crippen molar-refractivity contribution in [3.8, 4) is 11.8 Å². The number of carbonyl (C=O) groups is 1. The average molecular weight is 268 g/mol. The third-order valence-corrected chi connectivity index (χ3v) is 2.70. The molecular weight excluding hydrogens is 252 g/mol. The van der Waals surface area contributed by atoms with Gasteiger partial charge in [0.05, 0.1) is 12.8 Å². The number of nitrogens with one attached hydrogen (secondary N) is 1. The number of benzene rings is 1. The molecule has 0 bridgehead atoms. The van der Waals surface area contributed by atoms with E-state index in [0.29, 0.717) is 5.76 Å². The van der Waals surface area contributed by atoms with Crippen LogP contribution in [-0.4, -0.2) is 26.5 Å². The van der Waals surface area contributed by atoms with Crippen LogP contribution in [0.4, 0.5) is 5.69 Å². The van der Waals surface area contributed by atoms with E-state index >= 15 is 0 Å². The fraction of sp³-hybridized carbons (Fsp3) is 0.188. The van der Waals surface area contributed by atoms with E-state index in [0.717, 1.165) is 11.3 Å². The summed E-state index contributed by atoms with van der Waals surface area (Å²) in [5, 5.41) is 2.67. The molecule has 0 unspecified atom stereocenters. The first kappa shape index (κ1) is 13.8. The Kier molecular flexibility index (Phi) is 4.46. The van der Waals surface area contributed by atoms with E-state index in [9.17, 15) is 4.79 Å². The molecule has 0 spiro atoms. The van der Waals surface area contributed by atoms with Crippen LogP contribution in [0.3, 0.4) is 0 Å². The van der Waals surface area contributed by atoms with Crippen LogP contribution in [0.25, 0.3) is 0 Å². The van der Waals surface area contributed by atoms with E-state index in [2.05, 4.69) is 17.2 Å². The lowest BCUT2D eigenvalue weighted by atomic mass is 10.2. The largest absolute Gasteiger partial charge is 0.459 e. The van der Waals surface area contributed by atoms with Gasteiger partial charge in [0.2, 0.25) is 0 Å². The van der Waals surface area contributed by atoms with Gasteiger partial charge in [0.25, 0.3) is 5.91 Å². The van der Waals surface area contributed by atoms with E-state index in [1.54, 1.807) is 12.1 Å². The summed E-state index contributed by atoms with van der Waals surface area (Å²) in [5.41, 5.74) is 2.05. The van der Waals surface area contributed by atoms with Crippen molar-refractivity contribution < 1.29 is 9.21 Å². The minimum absolute atomic E-state index is 0.257. The molecule has 1 aromatic heterocycles. The molecule has 102 valence electrons. The van der Waals surface area contributed by atoms with Crippen molar-refractivity contribution in [2.45, 2.75) is 0 Å². The highest BCUT2D eigenvalue weighted by atomic mass is 16.3. The van der Waals surface area contributed by atoms with Crippen LogP contribution in [0.5, 0.6) is 0 Å². The third kappa shape index (κ3) is 3.66. The SMILES string of the molecule is CN(C)c1ccc(C#CCNC(=O)c2ccco2)cc1. The summed E-state index contributed by atoms with van der Waals surface area (Å²) in [7, 11) is 3.98. The number of furan rings is 1. The molecule has 0 saturated heterocycles. The van der Waals surface area contributed by atoms with E-state index in [1.807, 2.05) is 43.3 Å². The molecule has 0 saturated carbocycles. The standard InChI is InChI=1S/C16H16N2O2/c1-18(2)14-9-7-13(8-10-14)5-3-11-17-16(19)15-6-4-12-20-15/h4,6-10,12H,11H2,1-2H3,(H,17,19). The van der Waals surface area contributed by atoms with Gasteiger partial charge in [-0.05, 0) is 36.4 Å². The highest BCUT2D eigenvalue weighted by Gasteiger charge is 2.05. The molecule has 4 nitrogen and oxygen atoms in total. The van der Waals surface area contributed by atoms with Crippen LogP contribution in [-0.2, 0) is 0 Å². The minimum Gasteiger partial charge on any atom is -0.459 e. The summed E-state index contributed by atoms with van der Waals surface area (Å²) in [6.45, 7) is 0.287. The molecule has 1 N–H and O–H groups in total. The van der Waals surface area contributed by atoms with Gasteiger partial charge in [-0.3, -0.25) is 4.79 Å². The first-order valence-corrected chi connectivity index (χ1v) is 6.25.